The summed E-state index contributed by atoms with van der Waals surface area (Å²) in [5, 5.41) is 9.90. The van der Waals surface area contributed by atoms with E-state index in [9.17, 15) is 9.90 Å². The Morgan fingerprint density at radius 1 is 1.24 bits per heavy atom. The summed E-state index contributed by atoms with van der Waals surface area (Å²) in [5.41, 5.74) is 0.592. The highest BCUT2D eigenvalue weighted by atomic mass is 16.5. The quantitative estimate of drug-likeness (QED) is 0.929. The van der Waals surface area contributed by atoms with Crippen LogP contribution in [0, 0.1) is 5.41 Å². The molecule has 0 amide bonds. The number of carboxylic acids is 1. The van der Waals surface area contributed by atoms with E-state index >= 15 is 0 Å². The number of benzene rings is 1. The number of aromatic carboxylic acids is 1. The van der Waals surface area contributed by atoms with Crippen molar-refractivity contribution in [2.45, 2.75) is 27.2 Å². The molecule has 0 bridgehead atoms. The summed E-state index contributed by atoms with van der Waals surface area (Å²) in [7, 11) is 2.97. The number of hydrogen-bond donors (Lipinski definition) is 1. The van der Waals surface area contributed by atoms with Crippen LogP contribution in [0.4, 0.5) is 0 Å². The van der Waals surface area contributed by atoms with Crippen LogP contribution in [0.25, 0.3) is 11.0 Å². The van der Waals surface area contributed by atoms with E-state index in [0.717, 1.165) is 5.76 Å². The molecule has 2 rings (SSSR count). The van der Waals surface area contributed by atoms with Gasteiger partial charge < -0.3 is 19.0 Å². The van der Waals surface area contributed by atoms with Gasteiger partial charge in [0.25, 0.3) is 0 Å². The highest BCUT2D eigenvalue weighted by molar-refractivity contribution is 6.05. The first kappa shape index (κ1) is 15.2. The van der Waals surface area contributed by atoms with Crippen LogP contribution in [0.3, 0.4) is 0 Å². The Balaban J connectivity index is 2.71. The van der Waals surface area contributed by atoms with Gasteiger partial charge in [-0.3, -0.25) is 0 Å². The average Bonchev–Trinajstić information content (AvgIpc) is 2.76. The van der Waals surface area contributed by atoms with E-state index < -0.39 is 5.97 Å². The zero-order valence-corrected chi connectivity index (χ0v) is 12.9. The van der Waals surface area contributed by atoms with Gasteiger partial charge in [-0.1, -0.05) is 20.8 Å². The maximum absolute atomic E-state index is 11.4. The molecule has 0 unspecified atom stereocenters. The summed E-state index contributed by atoms with van der Waals surface area (Å²) in [6.07, 6.45) is 0.701. The second-order valence-corrected chi connectivity index (χ2v) is 6.16. The first-order chi connectivity index (χ1) is 9.76. The fourth-order valence-corrected chi connectivity index (χ4v) is 2.33. The van der Waals surface area contributed by atoms with Crippen LogP contribution in [0.15, 0.2) is 16.5 Å². The molecular formula is C16H20O5. The maximum atomic E-state index is 11.4. The molecule has 2 aromatic rings. The lowest BCUT2D eigenvalue weighted by Gasteiger charge is -2.15. The number of carbonyl (C=O) groups is 1. The zero-order valence-electron chi connectivity index (χ0n) is 12.9. The predicted molar refractivity (Wildman–Crippen MR) is 79.4 cm³/mol. The number of ether oxygens (including phenoxy) is 2. The monoisotopic (exact) mass is 292 g/mol. The van der Waals surface area contributed by atoms with Crippen molar-refractivity contribution in [1.82, 2.24) is 0 Å². The van der Waals surface area contributed by atoms with Crippen molar-refractivity contribution in [1.29, 1.82) is 0 Å². The highest BCUT2D eigenvalue weighted by Gasteiger charge is 2.23. The van der Waals surface area contributed by atoms with E-state index in [1.165, 1.54) is 20.3 Å². The van der Waals surface area contributed by atoms with Crippen LogP contribution in [0.5, 0.6) is 11.5 Å². The van der Waals surface area contributed by atoms with Gasteiger partial charge in [-0.05, 0) is 17.5 Å². The Labute approximate surface area is 123 Å². The third-order valence-corrected chi connectivity index (χ3v) is 3.14. The minimum Gasteiger partial charge on any atom is -0.493 e. The largest absolute Gasteiger partial charge is 0.493 e. The van der Waals surface area contributed by atoms with Gasteiger partial charge >= 0.3 is 5.97 Å². The lowest BCUT2D eigenvalue weighted by Crippen LogP contribution is -2.08. The van der Waals surface area contributed by atoms with Crippen molar-refractivity contribution in [3.8, 4) is 11.5 Å². The van der Waals surface area contributed by atoms with Gasteiger partial charge in [-0.25, -0.2) is 4.79 Å². The molecule has 0 saturated carbocycles. The molecule has 21 heavy (non-hydrogen) atoms. The molecule has 0 radical (unpaired) electrons. The van der Waals surface area contributed by atoms with Gasteiger partial charge in [0.15, 0.2) is 11.3 Å². The highest BCUT2D eigenvalue weighted by Crippen LogP contribution is 2.40. The summed E-state index contributed by atoms with van der Waals surface area (Å²) >= 11 is 0. The number of rotatable bonds is 4. The summed E-state index contributed by atoms with van der Waals surface area (Å²) in [6.45, 7) is 6.28. The minimum atomic E-state index is -1.02. The molecule has 0 spiro atoms. The topological polar surface area (TPSA) is 68.9 Å². The molecule has 0 atom stereocenters. The van der Waals surface area contributed by atoms with Crippen molar-refractivity contribution < 1.29 is 23.8 Å². The van der Waals surface area contributed by atoms with Crippen LogP contribution in [0.1, 0.15) is 36.9 Å². The fourth-order valence-electron chi connectivity index (χ4n) is 2.33. The third-order valence-electron chi connectivity index (χ3n) is 3.14. The second-order valence-electron chi connectivity index (χ2n) is 6.16. The van der Waals surface area contributed by atoms with Gasteiger partial charge in [0.05, 0.1) is 19.8 Å². The van der Waals surface area contributed by atoms with Crippen LogP contribution >= 0.6 is 0 Å². The van der Waals surface area contributed by atoms with Crippen LogP contribution < -0.4 is 9.47 Å². The molecule has 5 heteroatoms. The van der Waals surface area contributed by atoms with Crippen molar-refractivity contribution >= 4 is 16.9 Å². The van der Waals surface area contributed by atoms with Gasteiger partial charge in [0, 0.05) is 11.8 Å². The fraction of sp³-hybridized carbons (Fsp3) is 0.438. The van der Waals surface area contributed by atoms with Gasteiger partial charge in [0.1, 0.15) is 5.76 Å². The number of carboxylic acid groups (broad SMARTS) is 1. The molecule has 5 nitrogen and oxygen atoms in total. The summed E-state index contributed by atoms with van der Waals surface area (Å²) < 4.78 is 16.3. The molecule has 1 heterocycles. The first-order valence-electron chi connectivity index (χ1n) is 6.67. The molecule has 1 aromatic carbocycles. The maximum Gasteiger partial charge on any atom is 0.336 e. The van der Waals surface area contributed by atoms with Crippen molar-refractivity contribution in [2.24, 2.45) is 5.41 Å². The summed E-state index contributed by atoms with van der Waals surface area (Å²) in [5.74, 6) is 0.465. The Morgan fingerprint density at radius 2 is 1.90 bits per heavy atom. The molecule has 0 saturated heterocycles. The van der Waals surface area contributed by atoms with Crippen molar-refractivity contribution in [2.75, 3.05) is 14.2 Å². The van der Waals surface area contributed by atoms with E-state index in [2.05, 4.69) is 20.8 Å². The SMILES string of the molecule is COc1cc(C(=O)O)c2cc(CC(C)(C)C)oc2c1OC. The normalized spacial score (nSPS) is 11.7. The van der Waals surface area contributed by atoms with E-state index in [0.29, 0.717) is 28.9 Å². The standard InChI is InChI=1S/C16H20O5/c1-16(2,3)8-9-6-10-11(15(17)18)7-12(19-4)14(20-5)13(10)21-9/h6-7H,8H2,1-5H3,(H,17,18). The molecular weight excluding hydrogens is 272 g/mol. The Kier molecular flexibility index (Phi) is 3.85. The molecule has 0 aliphatic carbocycles. The van der Waals surface area contributed by atoms with Crippen LogP contribution in [-0.4, -0.2) is 25.3 Å². The molecule has 1 aromatic heterocycles. The van der Waals surface area contributed by atoms with Crippen molar-refractivity contribution in [3.63, 3.8) is 0 Å². The third kappa shape index (κ3) is 2.96. The smallest absolute Gasteiger partial charge is 0.336 e. The van der Waals surface area contributed by atoms with E-state index in [4.69, 9.17) is 13.9 Å². The van der Waals surface area contributed by atoms with Crippen molar-refractivity contribution in [3.05, 3.63) is 23.5 Å². The van der Waals surface area contributed by atoms with E-state index in [1.54, 1.807) is 6.07 Å². The van der Waals surface area contributed by atoms with Crippen LogP contribution in [-0.2, 0) is 6.42 Å². The van der Waals surface area contributed by atoms with E-state index in [1.807, 2.05) is 0 Å². The number of furan rings is 1. The van der Waals surface area contributed by atoms with Gasteiger partial charge in [-0.15, -0.1) is 0 Å². The molecule has 0 aliphatic rings. The summed E-state index contributed by atoms with van der Waals surface area (Å²) in [4.78, 5) is 11.4. The Bertz CT molecular complexity index is 676. The van der Waals surface area contributed by atoms with E-state index in [-0.39, 0.29) is 11.0 Å². The molecule has 114 valence electrons. The second kappa shape index (κ2) is 5.31. The average molecular weight is 292 g/mol. The number of fused-ring (bicyclic) bond motifs is 1. The lowest BCUT2D eigenvalue weighted by atomic mass is 9.91. The minimum absolute atomic E-state index is 0.0363. The summed E-state index contributed by atoms with van der Waals surface area (Å²) in [6, 6.07) is 3.23. The van der Waals surface area contributed by atoms with Crippen LogP contribution in [0.2, 0.25) is 0 Å². The number of methoxy groups -OCH3 is 2. The predicted octanol–water partition coefficient (Wildman–Crippen LogP) is 3.74. The molecule has 0 aliphatic heterocycles. The molecule has 1 N–H and O–H groups in total. The zero-order chi connectivity index (χ0) is 15.8. The number of hydrogen-bond acceptors (Lipinski definition) is 4. The van der Waals surface area contributed by atoms with Gasteiger partial charge in [-0.2, -0.15) is 0 Å². The molecule has 0 fully saturated rings. The Morgan fingerprint density at radius 3 is 2.38 bits per heavy atom. The Hall–Kier alpha value is -2.17. The first-order valence-corrected chi connectivity index (χ1v) is 6.67. The lowest BCUT2D eigenvalue weighted by molar-refractivity contribution is 0.0698. The van der Waals surface area contributed by atoms with Gasteiger partial charge in [0.2, 0.25) is 5.75 Å².